The fourth-order valence-electron chi connectivity index (χ4n) is 2.06. The molecule has 0 aliphatic rings. The number of nitrogens with two attached hydrogens (primary N) is 1. The average molecular weight is 268 g/mol. The lowest BCUT2D eigenvalue weighted by molar-refractivity contribution is 0.595. The number of nitrogens with zero attached hydrogens (tertiary/aromatic N) is 2. The Hall–Kier alpha value is -1.72. The van der Waals surface area contributed by atoms with Gasteiger partial charge < -0.3 is 11.1 Å². The molecule has 0 amide bonds. The molecule has 0 aliphatic heterocycles. The molecule has 0 aromatic carbocycles. The largest absolute Gasteiger partial charge is 0.383 e. The number of hydrogen-bond acceptors (Lipinski definition) is 4. The highest BCUT2D eigenvalue weighted by molar-refractivity contribution is 5.61. The monoisotopic (exact) mass is 268 g/mol. The summed E-state index contributed by atoms with van der Waals surface area (Å²) in [6.07, 6.45) is 2.57. The predicted molar refractivity (Wildman–Crippen MR) is 78.6 cm³/mol. The van der Waals surface area contributed by atoms with E-state index in [0.717, 1.165) is 23.8 Å². The van der Waals surface area contributed by atoms with Gasteiger partial charge in [0, 0.05) is 19.6 Å². The number of anilines is 2. The zero-order valence-corrected chi connectivity index (χ0v) is 12.2. The van der Waals surface area contributed by atoms with Crippen molar-refractivity contribution in [2.75, 3.05) is 11.1 Å². The van der Waals surface area contributed by atoms with Crippen LogP contribution in [0.3, 0.4) is 0 Å². The smallest absolute Gasteiger partial charge is 0.332 e. The van der Waals surface area contributed by atoms with E-state index in [4.69, 9.17) is 5.73 Å². The summed E-state index contributed by atoms with van der Waals surface area (Å²) in [4.78, 5) is 24.1. The summed E-state index contributed by atoms with van der Waals surface area (Å²) in [6.45, 7) is 6.56. The highest BCUT2D eigenvalue weighted by Gasteiger charge is 2.16. The van der Waals surface area contributed by atoms with E-state index in [1.807, 2.05) is 20.8 Å². The van der Waals surface area contributed by atoms with Gasteiger partial charge in [-0.25, -0.2) is 4.79 Å². The number of rotatable bonds is 6. The van der Waals surface area contributed by atoms with Gasteiger partial charge in [0.25, 0.3) is 5.56 Å². The van der Waals surface area contributed by atoms with Crippen molar-refractivity contribution < 1.29 is 0 Å². The minimum Gasteiger partial charge on any atom is -0.383 e. The van der Waals surface area contributed by atoms with E-state index in [2.05, 4.69) is 5.32 Å². The first-order valence-electron chi connectivity index (χ1n) is 6.83. The number of nitrogens with one attached hydrogen (secondary N) is 1. The molecular formula is C13H24N4O2. The maximum absolute atomic E-state index is 12.1. The average Bonchev–Trinajstić information content (AvgIpc) is 2.42. The molecule has 0 atom stereocenters. The molecule has 6 heteroatoms. The summed E-state index contributed by atoms with van der Waals surface area (Å²) in [6, 6.07) is 0.183. The zero-order valence-electron chi connectivity index (χ0n) is 12.2. The van der Waals surface area contributed by atoms with E-state index in [-0.39, 0.29) is 23.1 Å². The second-order valence-electron chi connectivity index (χ2n) is 4.72. The van der Waals surface area contributed by atoms with Gasteiger partial charge >= 0.3 is 5.69 Å². The Balaban J connectivity index is 3.39. The predicted octanol–water partition coefficient (Wildman–Crippen LogP) is 1.14. The molecule has 0 spiro atoms. The first-order chi connectivity index (χ1) is 8.97. The third-order valence-electron chi connectivity index (χ3n) is 3.36. The van der Waals surface area contributed by atoms with Crippen molar-refractivity contribution in [1.82, 2.24) is 9.13 Å². The Morgan fingerprint density at radius 2 is 1.79 bits per heavy atom. The van der Waals surface area contributed by atoms with Gasteiger partial charge in [0.1, 0.15) is 11.5 Å². The van der Waals surface area contributed by atoms with Gasteiger partial charge in [-0.2, -0.15) is 0 Å². The highest BCUT2D eigenvalue weighted by atomic mass is 16.2. The molecule has 0 fully saturated rings. The number of aromatic nitrogens is 2. The van der Waals surface area contributed by atoms with Crippen LogP contribution >= 0.6 is 0 Å². The Bertz CT molecular complexity index is 541. The quantitative estimate of drug-likeness (QED) is 0.810. The normalized spacial score (nSPS) is 11.0. The standard InChI is InChI=1S/C13H24N4O2/c1-5-8-17-11(14)10(15-9(6-2)7-3)12(18)16(4)13(17)19/h9,15H,5-8,14H2,1-4H3. The van der Waals surface area contributed by atoms with Gasteiger partial charge in [-0.1, -0.05) is 20.8 Å². The van der Waals surface area contributed by atoms with Gasteiger partial charge in [0.15, 0.2) is 0 Å². The minimum atomic E-state index is -0.362. The first-order valence-corrected chi connectivity index (χ1v) is 6.83. The molecule has 108 valence electrons. The van der Waals surface area contributed by atoms with Crippen molar-refractivity contribution in [3.05, 3.63) is 20.8 Å². The molecule has 0 unspecified atom stereocenters. The molecule has 0 bridgehead atoms. The lowest BCUT2D eigenvalue weighted by Gasteiger charge is -2.20. The van der Waals surface area contributed by atoms with Crippen LogP contribution in [-0.4, -0.2) is 15.2 Å². The van der Waals surface area contributed by atoms with E-state index in [1.165, 1.54) is 11.6 Å². The van der Waals surface area contributed by atoms with Crippen molar-refractivity contribution in [3.63, 3.8) is 0 Å². The summed E-state index contributed by atoms with van der Waals surface area (Å²) in [5.74, 6) is 0.238. The molecule has 1 aromatic rings. The Labute approximate surface area is 113 Å². The van der Waals surface area contributed by atoms with Crippen molar-refractivity contribution >= 4 is 11.5 Å². The molecule has 0 saturated carbocycles. The maximum Gasteiger partial charge on any atom is 0.332 e. The van der Waals surface area contributed by atoms with Crippen molar-refractivity contribution in [3.8, 4) is 0 Å². The number of hydrogen-bond donors (Lipinski definition) is 2. The summed E-state index contributed by atoms with van der Waals surface area (Å²) in [5, 5.41) is 3.16. The van der Waals surface area contributed by atoms with Crippen LogP contribution in [0.1, 0.15) is 40.0 Å². The molecule has 1 aromatic heterocycles. The summed E-state index contributed by atoms with van der Waals surface area (Å²) in [5.41, 5.74) is 5.60. The fourth-order valence-corrected chi connectivity index (χ4v) is 2.06. The molecule has 0 saturated heterocycles. The zero-order chi connectivity index (χ0) is 14.6. The third kappa shape index (κ3) is 3.00. The van der Waals surface area contributed by atoms with Crippen molar-refractivity contribution in [2.24, 2.45) is 7.05 Å². The van der Waals surface area contributed by atoms with Crippen LogP contribution < -0.4 is 22.3 Å². The van der Waals surface area contributed by atoms with Crippen LogP contribution in [0.5, 0.6) is 0 Å². The van der Waals surface area contributed by atoms with E-state index in [0.29, 0.717) is 12.2 Å². The fraction of sp³-hybridized carbons (Fsp3) is 0.692. The third-order valence-corrected chi connectivity index (χ3v) is 3.36. The second-order valence-corrected chi connectivity index (χ2v) is 4.72. The van der Waals surface area contributed by atoms with Gasteiger partial charge in [-0.15, -0.1) is 0 Å². The highest BCUT2D eigenvalue weighted by Crippen LogP contribution is 2.14. The minimum absolute atomic E-state index is 0.183. The van der Waals surface area contributed by atoms with Crippen LogP contribution in [-0.2, 0) is 13.6 Å². The molecule has 1 rings (SSSR count). The molecule has 1 heterocycles. The lowest BCUT2D eigenvalue weighted by Crippen LogP contribution is -2.41. The van der Waals surface area contributed by atoms with Crippen LogP contribution in [0, 0.1) is 0 Å². The lowest BCUT2D eigenvalue weighted by atomic mass is 10.1. The molecule has 0 aliphatic carbocycles. The van der Waals surface area contributed by atoms with Crippen molar-refractivity contribution in [1.29, 1.82) is 0 Å². The molecule has 19 heavy (non-hydrogen) atoms. The Morgan fingerprint density at radius 1 is 1.21 bits per heavy atom. The van der Waals surface area contributed by atoms with E-state index < -0.39 is 0 Å². The topological polar surface area (TPSA) is 82.0 Å². The molecule has 3 N–H and O–H groups in total. The summed E-state index contributed by atoms with van der Waals surface area (Å²) in [7, 11) is 1.48. The second kappa shape index (κ2) is 6.45. The van der Waals surface area contributed by atoms with Crippen LogP contribution in [0.4, 0.5) is 11.5 Å². The first kappa shape index (κ1) is 15.3. The van der Waals surface area contributed by atoms with Gasteiger partial charge in [-0.3, -0.25) is 13.9 Å². The van der Waals surface area contributed by atoms with Crippen LogP contribution in [0.2, 0.25) is 0 Å². The van der Waals surface area contributed by atoms with Gasteiger partial charge in [-0.05, 0) is 19.3 Å². The Kier molecular flexibility index (Phi) is 5.20. The van der Waals surface area contributed by atoms with Gasteiger partial charge in [0.05, 0.1) is 0 Å². The molecule has 0 radical (unpaired) electrons. The summed E-state index contributed by atoms with van der Waals surface area (Å²) >= 11 is 0. The van der Waals surface area contributed by atoms with E-state index in [1.54, 1.807) is 0 Å². The maximum atomic E-state index is 12.1. The van der Waals surface area contributed by atoms with Crippen LogP contribution in [0.15, 0.2) is 9.59 Å². The molecule has 6 nitrogen and oxygen atoms in total. The number of nitrogen functional groups attached to an aromatic ring is 1. The summed E-state index contributed by atoms with van der Waals surface area (Å²) < 4.78 is 2.56. The van der Waals surface area contributed by atoms with Crippen molar-refractivity contribution in [2.45, 2.75) is 52.6 Å². The molecular weight excluding hydrogens is 244 g/mol. The Morgan fingerprint density at radius 3 is 2.26 bits per heavy atom. The van der Waals surface area contributed by atoms with E-state index >= 15 is 0 Å². The SMILES string of the molecule is CCCn1c(N)c(NC(CC)CC)c(=O)n(C)c1=O. The van der Waals surface area contributed by atoms with Crippen LogP contribution in [0.25, 0.3) is 0 Å². The van der Waals surface area contributed by atoms with E-state index in [9.17, 15) is 9.59 Å². The van der Waals surface area contributed by atoms with Gasteiger partial charge in [0.2, 0.25) is 0 Å².